The van der Waals surface area contributed by atoms with Crippen LogP contribution in [0.1, 0.15) is 25.7 Å². The lowest BCUT2D eigenvalue weighted by atomic mass is 9.94. The largest absolute Gasteiger partial charge is 0.393 e. The number of hydrogen-bond donors (Lipinski definition) is 3. The molecule has 0 heterocycles. The van der Waals surface area contributed by atoms with Crippen LogP contribution >= 0.6 is 12.4 Å². The van der Waals surface area contributed by atoms with E-state index in [0.29, 0.717) is 6.04 Å². The summed E-state index contributed by atoms with van der Waals surface area (Å²) >= 11 is 0. The van der Waals surface area contributed by atoms with Crippen LogP contribution in [-0.2, 0) is 0 Å². The normalized spacial score (nSPS) is 33.0. The van der Waals surface area contributed by atoms with E-state index in [-0.39, 0.29) is 18.5 Å². The number of rotatable bonds is 1. The van der Waals surface area contributed by atoms with E-state index >= 15 is 0 Å². The Morgan fingerprint density at radius 3 is 2.10 bits per heavy atom. The van der Waals surface area contributed by atoms with Gasteiger partial charge in [0.25, 0.3) is 0 Å². The van der Waals surface area contributed by atoms with Gasteiger partial charge < -0.3 is 5.11 Å². The Morgan fingerprint density at radius 1 is 1.20 bits per heavy atom. The second kappa shape index (κ2) is 4.91. The van der Waals surface area contributed by atoms with E-state index < -0.39 is 0 Å². The Hall–Kier alpha value is 0.170. The quantitative estimate of drug-likeness (QED) is 0.385. The van der Waals surface area contributed by atoms with Gasteiger partial charge in [-0.05, 0) is 25.7 Å². The number of nitrogens with one attached hydrogen (secondary N) is 1. The predicted molar refractivity (Wildman–Crippen MR) is 42.8 cm³/mol. The van der Waals surface area contributed by atoms with E-state index in [1.807, 2.05) is 0 Å². The Morgan fingerprint density at radius 2 is 1.70 bits per heavy atom. The summed E-state index contributed by atoms with van der Waals surface area (Å²) in [6, 6.07) is 0.438. The third-order valence-electron chi connectivity index (χ3n) is 1.93. The topological polar surface area (TPSA) is 58.3 Å². The van der Waals surface area contributed by atoms with E-state index in [9.17, 15) is 0 Å². The average molecular weight is 167 g/mol. The maximum Gasteiger partial charge on any atom is 0.0541 e. The van der Waals surface area contributed by atoms with E-state index in [1.165, 1.54) is 0 Å². The van der Waals surface area contributed by atoms with Gasteiger partial charge in [0.05, 0.1) is 6.10 Å². The monoisotopic (exact) mass is 166 g/mol. The summed E-state index contributed by atoms with van der Waals surface area (Å²) in [6.07, 6.45) is 3.74. The molecule has 10 heavy (non-hydrogen) atoms. The first-order valence-electron chi connectivity index (χ1n) is 3.47. The molecular formula is C6H15ClN2O. The molecule has 0 saturated heterocycles. The van der Waals surface area contributed by atoms with Crippen molar-refractivity contribution >= 4 is 12.4 Å². The third kappa shape index (κ3) is 2.84. The Balaban J connectivity index is 0.000000810. The van der Waals surface area contributed by atoms with Crippen molar-refractivity contribution in [1.29, 1.82) is 0 Å². The zero-order chi connectivity index (χ0) is 6.69. The molecule has 1 saturated carbocycles. The van der Waals surface area contributed by atoms with Gasteiger partial charge in [-0.25, -0.2) is 0 Å². The number of aliphatic hydroxyl groups is 1. The van der Waals surface area contributed by atoms with Crippen molar-refractivity contribution in [3.63, 3.8) is 0 Å². The Bertz CT molecular complexity index is 83.8. The van der Waals surface area contributed by atoms with Crippen molar-refractivity contribution < 1.29 is 5.11 Å². The molecule has 4 heteroatoms. The molecule has 0 aromatic carbocycles. The van der Waals surface area contributed by atoms with Gasteiger partial charge in [0, 0.05) is 6.04 Å². The molecule has 0 aliphatic heterocycles. The lowest BCUT2D eigenvalue weighted by molar-refractivity contribution is 0.117. The van der Waals surface area contributed by atoms with Gasteiger partial charge in [0.2, 0.25) is 0 Å². The van der Waals surface area contributed by atoms with Crippen LogP contribution in [0.15, 0.2) is 0 Å². The number of nitrogens with two attached hydrogens (primary N) is 1. The van der Waals surface area contributed by atoms with E-state index in [2.05, 4.69) is 5.43 Å². The molecule has 1 aliphatic rings. The standard InChI is InChI=1S/C6H14N2O.ClH/c7-8-5-1-3-6(9)4-2-5;/h5-6,8-9H,1-4,7H2;1H. The van der Waals surface area contributed by atoms with Crippen LogP contribution < -0.4 is 11.3 Å². The second-order valence-corrected chi connectivity index (χ2v) is 2.67. The van der Waals surface area contributed by atoms with Crippen LogP contribution in [0.25, 0.3) is 0 Å². The molecule has 62 valence electrons. The average Bonchev–Trinajstić information content (AvgIpc) is 1.90. The van der Waals surface area contributed by atoms with E-state index in [1.54, 1.807) is 0 Å². The molecule has 0 aromatic heterocycles. The van der Waals surface area contributed by atoms with Gasteiger partial charge in [-0.15, -0.1) is 12.4 Å². The molecule has 0 bridgehead atoms. The van der Waals surface area contributed by atoms with Gasteiger partial charge >= 0.3 is 0 Å². The fourth-order valence-electron chi connectivity index (χ4n) is 1.24. The van der Waals surface area contributed by atoms with Crippen LogP contribution in [0.4, 0.5) is 0 Å². The summed E-state index contributed by atoms with van der Waals surface area (Å²) in [5, 5.41) is 9.05. The fourth-order valence-corrected chi connectivity index (χ4v) is 1.24. The highest BCUT2D eigenvalue weighted by Crippen LogP contribution is 2.17. The van der Waals surface area contributed by atoms with Gasteiger partial charge in [0.1, 0.15) is 0 Å². The van der Waals surface area contributed by atoms with Crippen molar-refractivity contribution in [3.05, 3.63) is 0 Å². The summed E-state index contributed by atoms with van der Waals surface area (Å²) in [5.74, 6) is 5.22. The molecule has 1 rings (SSSR count). The summed E-state index contributed by atoms with van der Waals surface area (Å²) in [6.45, 7) is 0. The fraction of sp³-hybridized carbons (Fsp3) is 1.00. The van der Waals surface area contributed by atoms with Crippen LogP contribution in [0.3, 0.4) is 0 Å². The lowest BCUT2D eigenvalue weighted by Crippen LogP contribution is -2.38. The molecule has 1 fully saturated rings. The minimum absolute atomic E-state index is 0. The van der Waals surface area contributed by atoms with Gasteiger partial charge in [-0.2, -0.15) is 0 Å². The second-order valence-electron chi connectivity index (χ2n) is 2.67. The highest BCUT2D eigenvalue weighted by Gasteiger charge is 2.17. The molecule has 3 nitrogen and oxygen atoms in total. The van der Waals surface area contributed by atoms with Crippen molar-refractivity contribution in [2.45, 2.75) is 37.8 Å². The smallest absolute Gasteiger partial charge is 0.0541 e. The first-order valence-corrected chi connectivity index (χ1v) is 3.47. The number of halogens is 1. The SMILES string of the molecule is Cl.NNC1CCC(O)CC1. The first-order chi connectivity index (χ1) is 4.33. The highest BCUT2D eigenvalue weighted by atomic mass is 35.5. The minimum atomic E-state index is -0.0744. The van der Waals surface area contributed by atoms with E-state index in [4.69, 9.17) is 10.9 Å². The van der Waals surface area contributed by atoms with Crippen molar-refractivity contribution in [2.75, 3.05) is 0 Å². The maximum absolute atomic E-state index is 9.05. The molecule has 1 aliphatic carbocycles. The van der Waals surface area contributed by atoms with Gasteiger partial charge in [-0.1, -0.05) is 0 Å². The predicted octanol–water partition coefficient (Wildman–Crippen LogP) is 0.175. The van der Waals surface area contributed by atoms with Crippen LogP contribution in [0.5, 0.6) is 0 Å². The summed E-state index contributed by atoms with van der Waals surface area (Å²) in [4.78, 5) is 0. The zero-order valence-corrected chi connectivity index (χ0v) is 6.73. The molecule has 0 unspecified atom stereocenters. The number of hydrazine groups is 1. The molecule has 0 radical (unpaired) electrons. The van der Waals surface area contributed by atoms with Crippen LogP contribution in [-0.4, -0.2) is 17.3 Å². The Kier molecular flexibility index (Phi) is 4.99. The number of aliphatic hydroxyl groups excluding tert-OH is 1. The van der Waals surface area contributed by atoms with E-state index in [0.717, 1.165) is 25.7 Å². The van der Waals surface area contributed by atoms with Crippen LogP contribution in [0.2, 0.25) is 0 Å². The van der Waals surface area contributed by atoms with Gasteiger partial charge in [0.15, 0.2) is 0 Å². The lowest BCUT2D eigenvalue weighted by Gasteiger charge is -2.24. The molecule has 4 N–H and O–H groups in total. The summed E-state index contributed by atoms with van der Waals surface area (Å²) in [7, 11) is 0. The zero-order valence-electron chi connectivity index (χ0n) is 5.92. The summed E-state index contributed by atoms with van der Waals surface area (Å²) < 4.78 is 0. The first kappa shape index (κ1) is 10.2. The summed E-state index contributed by atoms with van der Waals surface area (Å²) in [5.41, 5.74) is 2.71. The van der Waals surface area contributed by atoms with Crippen molar-refractivity contribution in [3.8, 4) is 0 Å². The van der Waals surface area contributed by atoms with Crippen molar-refractivity contribution in [2.24, 2.45) is 5.84 Å². The Labute approximate surface area is 67.4 Å². The molecule has 0 spiro atoms. The number of hydrogen-bond acceptors (Lipinski definition) is 3. The minimum Gasteiger partial charge on any atom is -0.393 e. The third-order valence-corrected chi connectivity index (χ3v) is 1.93. The van der Waals surface area contributed by atoms with Crippen LogP contribution in [0, 0.1) is 0 Å². The van der Waals surface area contributed by atoms with Gasteiger partial charge in [-0.3, -0.25) is 11.3 Å². The van der Waals surface area contributed by atoms with Crippen molar-refractivity contribution in [1.82, 2.24) is 5.43 Å². The molecular weight excluding hydrogens is 152 g/mol. The molecule has 0 aromatic rings. The highest BCUT2D eigenvalue weighted by molar-refractivity contribution is 5.85. The molecule has 0 atom stereocenters. The molecule has 0 amide bonds. The maximum atomic E-state index is 9.05.